The van der Waals surface area contributed by atoms with Crippen molar-refractivity contribution in [1.82, 2.24) is 4.90 Å². The van der Waals surface area contributed by atoms with Gasteiger partial charge >= 0.3 is 35.1 Å². The molecule has 6 atom stereocenters. The number of aliphatic hydroxyl groups excluding tert-OH is 1. The van der Waals surface area contributed by atoms with Gasteiger partial charge in [0.1, 0.15) is 10.1 Å². The number of nitro benzene ring substituents is 1. The zero-order valence-electron chi connectivity index (χ0n) is 32.3. The Labute approximate surface area is 344 Å². The summed E-state index contributed by atoms with van der Waals surface area (Å²) in [6.07, 6.45) is -0.420. The number of esters is 1. The predicted octanol–water partition coefficient (Wildman–Crippen LogP) is 2.58. The Hall–Kier alpha value is -2.16. The van der Waals surface area contributed by atoms with Crippen LogP contribution >= 0.6 is 35.2 Å². The maximum atomic E-state index is 13.4. The van der Waals surface area contributed by atoms with Crippen molar-refractivity contribution in [2.24, 2.45) is 5.92 Å². The molecule has 1 saturated heterocycles. The van der Waals surface area contributed by atoms with Gasteiger partial charge in [-0.15, -0.1) is 11.8 Å². The number of phosphoric ester groups is 3. The van der Waals surface area contributed by atoms with Crippen molar-refractivity contribution < 1.29 is 97.6 Å². The highest BCUT2D eigenvalue weighted by Crippen LogP contribution is 2.50. The standard InChI is InChI=1S/C29H46BN2O22P3S2/c1-19(13-29(4,5)54-57(43,44)51-11-10-49-55(39,40)48-8-9-50-56(41,42)52-17-20(30)16-33)18-58-26-23(34)15-31(27(26)36)28(2,3)14-25(35)53-24-7-6-21(59(45,46)47)12-22(24)32(37)38/h6-7,12,19-20,26,33H,8-11,13-18H2,1-5H3,(H,39,40)(H,41,42)(H,43,44)(H,45,46,47). The number of phosphoric acid groups is 3. The van der Waals surface area contributed by atoms with E-state index in [9.17, 15) is 65.8 Å². The van der Waals surface area contributed by atoms with Crippen molar-refractivity contribution in [3.05, 3.63) is 28.3 Å². The molecule has 6 unspecified atom stereocenters. The monoisotopic (exact) mass is 942 g/mol. The minimum Gasteiger partial charge on any atom is -0.419 e. The Morgan fingerprint density at radius 1 is 1.00 bits per heavy atom. The van der Waals surface area contributed by atoms with Gasteiger partial charge in [-0.25, -0.2) is 13.7 Å². The van der Waals surface area contributed by atoms with E-state index in [1.807, 2.05) is 0 Å². The van der Waals surface area contributed by atoms with Gasteiger partial charge in [0.15, 0.2) is 5.78 Å². The molecule has 59 heavy (non-hydrogen) atoms. The summed E-state index contributed by atoms with van der Waals surface area (Å²) < 4.78 is 102. The number of ether oxygens (including phenoxy) is 1. The average molecular weight is 943 g/mol. The molecule has 1 fully saturated rings. The van der Waals surface area contributed by atoms with Crippen LogP contribution in [0.4, 0.5) is 5.69 Å². The number of hydrogen-bond donors (Lipinski definition) is 5. The van der Waals surface area contributed by atoms with Crippen molar-refractivity contribution in [2.45, 2.75) is 74.6 Å². The molecule has 0 saturated carbocycles. The quantitative estimate of drug-likeness (QED) is 0.00973. The number of hydrogen-bond acceptors (Lipinski definition) is 19. The van der Waals surface area contributed by atoms with Crippen LogP contribution in [0.1, 0.15) is 47.5 Å². The summed E-state index contributed by atoms with van der Waals surface area (Å²) in [5, 5.41) is 19.1. The van der Waals surface area contributed by atoms with E-state index in [2.05, 4.69) is 18.1 Å². The average Bonchev–Trinajstić information content (AvgIpc) is 3.38. The first-order valence-corrected chi connectivity index (χ1v) is 24.1. The van der Waals surface area contributed by atoms with E-state index in [-0.39, 0.29) is 24.6 Å². The number of rotatable bonds is 27. The van der Waals surface area contributed by atoms with E-state index >= 15 is 0 Å². The molecule has 0 aromatic heterocycles. The van der Waals surface area contributed by atoms with Gasteiger partial charge < -0.3 is 29.4 Å². The summed E-state index contributed by atoms with van der Waals surface area (Å²) in [7, 11) is -13.6. The first-order valence-electron chi connectivity index (χ1n) is 17.1. The van der Waals surface area contributed by atoms with Gasteiger partial charge in [-0.3, -0.25) is 56.2 Å². The zero-order valence-corrected chi connectivity index (χ0v) is 36.7. The number of benzene rings is 1. The first-order chi connectivity index (χ1) is 26.9. The number of likely N-dealkylation sites (tertiary alicyclic amines) is 1. The van der Waals surface area contributed by atoms with E-state index in [1.165, 1.54) is 27.7 Å². The van der Waals surface area contributed by atoms with Crippen LogP contribution < -0.4 is 4.74 Å². The van der Waals surface area contributed by atoms with Crippen molar-refractivity contribution in [3.63, 3.8) is 0 Å². The van der Waals surface area contributed by atoms with Crippen LogP contribution in [-0.2, 0) is 65.3 Å². The molecule has 5 N–H and O–H groups in total. The fourth-order valence-corrected chi connectivity index (χ4v) is 9.40. The maximum Gasteiger partial charge on any atom is 0.472 e. The number of nitro groups is 1. The minimum absolute atomic E-state index is 0.111. The SMILES string of the molecule is [B]C(CO)COP(=O)(O)OCCOP(=O)(O)OCCOP(=O)(O)OC(C)(C)CC(C)CSC1C(=O)CN(C(C)(C)CC(=O)Oc2ccc(S(=O)(=O)O)cc2[N+](=O)[O-])C1=O. The molecule has 2 rings (SSSR count). The molecular weight excluding hydrogens is 896 g/mol. The van der Waals surface area contributed by atoms with Gasteiger partial charge in [0, 0.05) is 18.2 Å². The Balaban J connectivity index is 1.83. The Morgan fingerprint density at radius 3 is 2.03 bits per heavy atom. The Morgan fingerprint density at radius 2 is 1.53 bits per heavy atom. The number of carbonyl (C=O) groups excluding carboxylic acids is 3. The summed E-state index contributed by atoms with van der Waals surface area (Å²) in [5.74, 6) is -3.84. The molecule has 334 valence electrons. The van der Waals surface area contributed by atoms with Gasteiger partial charge in [-0.2, -0.15) is 8.42 Å². The fourth-order valence-electron chi connectivity index (χ4n) is 5.23. The molecule has 1 aliphatic rings. The summed E-state index contributed by atoms with van der Waals surface area (Å²) >= 11 is 0.996. The topological polar surface area (TPSA) is 349 Å². The number of nitrogens with zero attached hydrogens (tertiary/aromatic N) is 2. The van der Waals surface area contributed by atoms with Crippen LogP contribution in [0.3, 0.4) is 0 Å². The second kappa shape index (κ2) is 21.8. The van der Waals surface area contributed by atoms with E-state index in [1.54, 1.807) is 6.92 Å². The third-order valence-corrected chi connectivity index (χ3v) is 13.3. The number of amides is 1. The molecule has 1 heterocycles. The highest BCUT2D eigenvalue weighted by Gasteiger charge is 2.47. The second-order valence-corrected chi connectivity index (χ2v) is 20.9. The lowest BCUT2D eigenvalue weighted by Gasteiger charge is -2.34. The number of Topliss-reactive ketones (excluding diaryl/α,β-unsaturated/α-hetero) is 1. The molecule has 30 heteroatoms. The minimum atomic E-state index is -4.80. The lowest BCUT2D eigenvalue weighted by molar-refractivity contribution is -0.385. The number of ketones is 1. The van der Waals surface area contributed by atoms with Crippen LogP contribution in [0.15, 0.2) is 23.1 Å². The lowest BCUT2D eigenvalue weighted by Crippen LogP contribution is -2.47. The zero-order chi connectivity index (χ0) is 45.2. The van der Waals surface area contributed by atoms with E-state index in [4.69, 9.17) is 26.7 Å². The summed E-state index contributed by atoms with van der Waals surface area (Å²) in [5.41, 5.74) is -3.57. The molecule has 2 radical (unpaired) electrons. The number of aliphatic hydroxyl groups is 1. The van der Waals surface area contributed by atoms with Crippen LogP contribution in [0, 0.1) is 16.0 Å². The number of thioether (sulfide) groups is 1. The van der Waals surface area contributed by atoms with Gasteiger partial charge in [0.05, 0.1) is 64.4 Å². The first kappa shape index (κ1) is 53.0. The normalized spacial score (nSPS) is 19.4. The molecule has 1 aromatic carbocycles. The van der Waals surface area contributed by atoms with Crippen LogP contribution in [-0.4, -0.2) is 136 Å². The molecule has 1 aromatic rings. The molecule has 0 aliphatic carbocycles. The Bertz CT molecular complexity index is 1940. The predicted molar refractivity (Wildman–Crippen MR) is 205 cm³/mol. The lowest BCUT2D eigenvalue weighted by atomic mass is 9.90. The Kier molecular flexibility index (Phi) is 19.5. The van der Waals surface area contributed by atoms with Crippen molar-refractivity contribution in [1.29, 1.82) is 0 Å². The van der Waals surface area contributed by atoms with E-state index in [0.29, 0.717) is 6.07 Å². The van der Waals surface area contributed by atoms with Crippen molar-refractivity contribution in [2.75, 3.05) is 51.9 Å². The summed E-state index contributed by atoms with van der Waals surface area (Å²) in [6, 6.07) is 2.12. The summed E-state index contributed by atoms with van der Waals surface area (Å²) in [6.45, 7) is 3.35. The van der Waals surface area contributed by atoms with E-state index in [0.717, 1.165) is 28.8 Å². The van der Waals surface area contributed by atoms with E-state index < -0.39 is 141 Å². The van der Waals surface area contributed by atoms with Gasteiger partial charge in [0.25, 0.3) is 10.1 Å². The molecule has 1 amide bonds. The van der Waals surface area contributed by atoms with Gasteiger partial charge in [-0.05, 0) is 63.7 Å². The molecule has 0 spiro atoms. The van der Waals surface area contributed by atoms with Crippen LogP contribution in [0.5, 0.6) is 5.75 Å². The highest BCUT2D eigenvalue weighted by atomic mass is 32.2. The van der Waals surface area contributed by atoms with Gasteiger partial charge in [0.2, 0.25) is 11.7 Å². The largest absolute Gasteiger partial charge is 0.472 e. The van der Waals surface area contributed by atoms with Gasteiger partial charge in [-0.1, -0.05) is 6.92 Å². The highest BCUT2D eigenvalue weighted by molar-refractivity contribution is 8.01. The third-order valence-electron chi connectivity index (χ3n) is 7.67. The van der Waals surface area contributed by atoms with Crippen molar-refractivity contribution >= 4 is 76.5 Å². The smallest absolute Gasteiger partial charge is 0.419 e. The third kappa shape index (κ3) is 18.4. The number of carbonyl (C=O) groups is 3. The molecular formula is C29H46BN2O22P3S2. The second-order valence-electron chi connectivity index (χ2n) is 14.1. The molecule has 24 nitrogen and oxygen atoms in total. The summed E-state index contributed by atoms with van der Waals surface area (Å²) in [4.78, 5) is 79.4. The maximum absolute atomic E-state index is 13.4. The van der Waals surface area contributed by atoms with Crippen LogP contribution in [0.25, 0.3) is 0 Å². The van der Waals surface area contributed by atoms with Crippen molar-refractivity contribution in [3.8, 4) is 5.75 Å². The van der Waals surface area contributed by atoms with Crippen LogP contribution in [0.2, 0.25) is 5.82 Å². The molecule has 0 bridgehead atoms. The fraction of sp³-hybridized carbons (Fsp3) is 0.690. The molecule has 1 aliphatic heterocycles.